The number of rotatable bonds is 6. The molecule has 0 spiro atoms. The van der Waals surface area contributed by atoms with E-state index >= 15 is 0 Å². The first kappa shape index (κ1) is 26.4. The van der Waals surface area contributed by atoms with E-state index in [9.17, 15) is 18.0 Å². The van der Waals surface area contributed by atoms with E-state index in [1.54, 1.807) is 20.8 Å². The van der Waals surface area contributed by atoms with E-state index in [-0.39, 0.29) is 18.8 Å². The Bertz CT molecular complexity index is 714. The van der Waals surface area contributed by atoms with Crippen molar-refractivity contribution in [2.75, 3.05) is 19.5 Å². The average molecular weight is 453 g/mol. The molecule has 176 valence electrons. The fraction of sp³-hybridized carbons (Fsp3) is 0.895. The van der Waals surface area contributed by atoms with Gasteiger partial charge in [-0.15, -0.1) is 0 Å². The number of carbonyl (C=O) groups is 2. The van der Waals surface area contributed by atoms with E-state index in [1.807, 2.05) is 20.8 Å². The summed E-state index contributed by atoms with van der Waals surface area (Å²) < 4.78 is 36.5. The van der Waals surface area contributed by atoms with Crippen LogP contribution in [0, 0.1) is 0 Å². The SMILES string of the molecule is CC(C)(C)OC(=O)NC1(CO)CC1.CC(C)(C)OC(=O)NC1(COS(C)(=O)=O)CC1. The highest BCUT2D eigenvalue weighted by atomic mass is 32.2. The van der Waals surface area contributed by atoms with Gasteiger partial charge < -0.3 is 25.2 Å². The van der Waals surface area contributed by atoms with Gasteiger partial charge in [0.1, 0.15) is 11.2 Å². The molecule has 0 aromatic rings. The van der Waals surface area contributed by atoms with Gasteiger partial charge in [-0.3, -0.25) is 4.18 Å². The minimum atomic E-state index is -3.48. The zero-order valence-electron chi connectivity index (χ0n) is 19.0. The number of aliphatic hydroxyl groups is 1. The summed E-state index contributed by atoms with van der Waals surface area (Å²) >= 11 is 0. The lowest BCUT2D eigenvalue weighted by atomic mass is 10.2. The van der Waals surface area contributed by atoms with Crippen LogP contribution in [0.2, 0.25) is 0 Å². The van der Waals surface area contributed by atoms with Crippen LogP contribution in [0.25, 0.3) is 0 Å². The normalized spacial score (nSPS) is 18.9. The van der Waals surface area contributed by atoms with E-state index in [0.29, 0.717) is 12.8 Å². The van der Waals surface area contributed by atoms with Gasteiger partial charge in [-0.1, -0.05) is 0 Å². The molecule has 3 N–H and O–H groups in total. The molecule has 10 nitrogen and oxygen atoms in total. The summed E-state index contributed by atoms with van der Waals surface area (Å²) in [6.45, 7) is 10.7. The Kier molecular flexibility index (Phi) is 8.17. The predicted molar refractivity (Wildman–Crippen MR) is 111 cm³/mol. The molecule has 2 rings (SSSR count). The van der Waals surface area contributed by atoms with Crippen LogP contribution in [0.1, 0.15) is 67.2 Å². The quantitative estimate of drug-likeness (QED) is 0.520. The van der Waals surface area contributed by atoms with Crippen LogP contribution in [0.15, 0.2) is 0 Å². The van der Waals surface area contributed by atoms with Crippen molar-refractivity contribution < 1.29 is 36.8 Å². The zero-order chi connectivity index (χ0) is 23.4. The molecule has 0 radical (unpaired) electrons. The number of hydrogen-bond acceptors (Lipinski definition) is 8. The van der Waals surface area contributed by atoms with Gasteiger partial charge >= 0.3 is 12.2 Å². The lowest BCUT2D eigenvalue weighted by molar-refractivity contribution is 0.0463. The largest absolute Gasteiger partial charge is 0.444 e. The first-order chi connectivity index (χ1) is 13.4. The number of amides is 2. The van der Waals surface area contributed by atoms with Crippen molar-refractivity contribution in [3.8, 4) is 0 Å². The molecular formula is C19H36N2O8S. The van der Waals surface area contributed by atoms with E-state index in [2.05, 4.69) is 14.8 Å². The standard InChI is InChI=1S/C10H19NO5S.C9H17NO3/c1-9(2,3)16-8(12)11-10(5-6-10)7-15-17(4,13)14;1-8(2,3)13-7(12)10-9(6-11)4-5-9/h5-7H2,1-4H3,(H,11,12);11H,4-6H2,1-3H3,(H,10,12). The molecule has 11 heteroatoms. The van der Waals surface area contributed by atoms with Gasteiger partial charge in [-0.2, -0.15) is 8.42 Å². The Hall–Kier alpha value is -1.59. The predicted octanol–water partition coefficient (Wildman–Crippen LogP) is 2.06. The Morgan fingerprint density at radius 1 is 0.867 bits per heavy atom. The Morgan fingerprint density at radius 3 is 1.50 bits per heavy atom. The summed E-state index contributed by atoms with van der Waals surface area (Å²) in [4.78, 5) is 22.7. The maximum atomic E-state index is 11.5. The molecule has 0 heterocycles. The van der Waals surface area contributed by atoms with Crippen molar-refractivity contribution >= 4 is 22.3 Å². The van der Waals surface area contributed by atoms with E-state index in [0.717, 1.165) is 19.1 Å². The molecule has 2 aliphatic rings. The molecule has 0 aliphatic heterocycles. The molecule has 2 fully saturated rings. The molecule has 0 unspecified atom stereocenters. The first-order valence-corrected chi connectivity index (χ1v) is 11.7. The van der Waals surface area contributed by atoms with Gasteiger partial charge in [0.2, 0.25) is 0 Å². The van der Waals surface area contributed by atoms with Crippen LogP contribution in [-0.2, 0) is 23.8 Å². The number of hydrogen-bond donors (Lipinski definition) is 3. The second-order valence-electron chi connectivity index (χ2n) is 9.94. The van der Waals surface area contributed by atoms with Gasteiger partial charge in [-0.25, -0.2) is 9.59 Å². The second-order valence-corrected chi connectivity index (χ2v) is 11.6. The summed E-state index contributed by atoms with van der Waals surface area (Å²) in [5.74, 6) is 0. The molecule has 0 aromatic heterocycles. The average Bonchev–Trinajstić information content (AvgIpc) is 3.40. The van der Waals surface area contributed by atoms with Crippen molar-refractivity contribution in [2.24, 2.45) is 0 Å². The molecule has 0 atom stereocenters. The highest BCUT2D eigenvalue weighted by Gasteiger charge is 2.46. The molecular weight excluding hydrogens is 416 g/mol. The van der Waals surface area contributed by atoms with Gasteiger partial charge in [0.25, 0.3) is 10.1 Å². The summed E-state index contributed by atoms with van der Waals surface area (Å²) in [5.41, 5.74) is -2.01. The van der Waals surface area contributed by atoms with Crippen molar-refractivity contribution in [3.63, 3.8) is 0 Å². The fourth-order valence-corrected chi connectivity index (χ4v) is 2.63. The summed E-state index contributed by atoms with van der Waals surface area (Å²) in [6.07, 6.45) is 3.05. The Labute approximate surface area is 179 Å². The van der Waals surface area contributed by atoms with Crippen molar-refractivity contribution in [1.29, 1.82) is 0 Å². The monoisotopic (exact) mass is 452 g/mol. The Morgan fingerprint density at radius 2 is 1.23 bits per heavy atom. The van der Waals surface area contributed by atoms with Crippen molar-refractivity contribution in [2.45, 2.75) is 89.5 Å². The molecule has 0 saturated heterocycles. The highest BCUT2D eigenvalue weighted by Crippen LogP contribution is 2.36. The second kappa shape index (κ2) is 9.27. The third-order valence-corrected chi connectivity index (χ3v) is 4.64. The van der Waals surface area contributed by atoms with E-state index in [1.165, 1.54) is 0 Å². The van der Waals surface area contributed by atoms with Crippen molar-refractivity contribution in [1.82, 2.24) is 10.6 Å². The number of nitrogens with one attached hydrogen (secondary N) is 2. The van der Waals surface area contributed by atoms with Crippen LogP contribution in [0.4, 0.5) is 9.59 Å². The summed E-state index contributed by atoms with van der Waals surface area (Å²) in [6, 6.07) is 0. The lowest BCUT2D eigenvalue weighted by Gasteiger charge is -2.23. The molecule has 30 heavy (non-hydrogen) atoms. The fourth-order valence-electron chi connectivity index (χ4n) is 2.19. The first-order valence-electron chi connectivity index (χ1n) is 9.86. The molecule has 2 aliphatic carbocycles. The Balaban J connectivity index is 0.000000311. The summed E-state index contributed by atoms with van der Waals surface area (Å²) in [5, 5.41) is 14.2. The van der Waals surface area contributed by atoms with Crippen molar-refractivity contribution in [3.05, 3.63) is 0 Å². The lowest BCUT2D eigenvalue weighted by Crippen LogP contribution is -2.43. The minimum absolute atomic E-state index is 0.00770. The maximum absolute atomic E-state index is 11.5. The number of alkyl carbamates (subject to hydrolysis) is 2. The van der Waals surface area contributed by atoms with Gasteiger partial charge in [-0.05, 0) is 67.2 Å². The van der Waals surface area contributed by atoms with E-state index < -0.39 is 39.0 Å². The molecule has 0 aromatic carbocycles. The van der Waals surface area contributed by atoms with Crippen LogP contribution < -0.4 is 10.6 Å². The molecule has 0 bridgehead atoms. The molecule has 2 saturated carbocycles. The van der Waals surface area contributed by atoms with Crippen LogP contribution >= 0.6 is 0 Å². The van der Waals surface area contributed by atoms with Gasteiger partial charge in [0.05, 0.1) is 30.5 Å². The van der Waals surface area contributed by atoms with Gasteiger partial charge in [0.15, 0.2) is 0 Å². The van der Waals surface area contributed by atoms with E-state index in [4.69, 9.17) is 14.6 Å². The molecule has 2 amide bonds. The number of carbonyl (C=O) groups excluding carboxylic acids is 2. The number of aliphatic hydroxyl groups excluding tert-OH is 1. The van der Waals surface area contributed by atoms with Gasteiger partial charge in [0, 0.05) is 0 Å². The summed E-state index contributed by atoms with van der Waals surface area (Å²) in [7, 11) is -3.48. The smallest absolute Gasteiger partial charge is 0.408 e. The maximum Gasteiger partial charge on any atom is 0.408 e. The van der Waals surface area contributed by atoms with Crippen LogP contribution in [0.5, 0.6) is 0 Å². The zero-order valence-corrected chi connectivity index (χ0v) is 19.8. The third-order valence-electron chi connectivity index (χ3n) is 4.09. The van der Waals surface area contributed by atoms with Crippen LogP contribution in [-0.4, -0.2) is 67.5 Å². The minimum Gasteiger partial charge on any atom is -0.444 e. The number of ether oxygens (including phenoxy) is 2. The topological polar surface area (TPSA) is 140 Å². The highest BCUT2D eigenvalue weighted by molar-refractivity contribution is 7.85. The van der Waals surface area contributed by atoms with Crippen LogP contribution in [0.3, 0.4) is 0 Å². The third kappa shape index (κ3) is 11.6.